The van der Waals surface area contributed by atoms with Crippen LogP contribution in [0, 0.1) is 11.6 Å². The number of aliphatic carboxylic acids is 1. The van der Waals surface area contributed by atoms with E-state index in [1.807, 2.05) is 0 Å². The molecule has 1 unspecified atom stereocenters. The van der Waals surface area contributed by atoms with Gasteiger partial charge in [-0.25, -0.2) is 13.6 Å². The Labute approximate surface area is 256 Å². The number of hydrogen-bond donors (Lipinski definition) is 4. The topological polar surface area (TPSA) is 125 Å². The molecule has 0 spiro atoms. The average molecular weight is 619 g/mol. The number of hydrogen-bond acceptors (Lipinski definition) is 6. The Morgan fingerprint density at radius 2 is 1.43 bits per heavy atom. The van der Waals surface area contributed by atoms with Crippen LogP contribution < -0.4 is 15.4 Å². The van der Waals surface area contributed by atoms with E-state index in [4.69, 9.17) is 4.74 Å². The van der Waals surface area contributed by atoms with Gasteiger partial charge in [0.2, 0.25) is 5.91 Å². The Hall–Kier alpha value is -4.74. The average Bonchev–Trinajstić information content (AvgIpc) is 3.02. The second-order valence-corrected chi connectivity index (χ2v) is 11.3. The van der Waals surface area contributed by atoms with Crippen molar-refractivity contribution in [1.82, 2.24) is 10.6 Å². The van der Waals surface area contributed by atoms with Gasteiger partial charge in [0.1, 0.15) is 28.2 Å². The first-order valence-corrected chi connectivity index (χ1v) is 14.7. The van der Waals surface area contributed by atoms with Crippen LogP contribution in [0.15, 0.2) is 103 Å². The predicted molar refractivity (Wildman–Crippen MR) is 160 cm³/mol. The number of carbonyl (C=O) groups is 3. The van der Waals surface area contributed by atoms with Crippen molar-refractivity contribution in [3.63, 3.8) is 0 Å². The second kappa shape index (κ2) is 13.3. The summed E-state index contributed by atoms with van der Waals surface area (Å²) in [4.78, 5) is 37.1. The van der Waals surface area contributed by atoms with Crippen LogP contribution in [0.5, 0.6) is 5.75 Å². The van der Waals surface area contributed by atoms with Crippen LogP contribution in [0.2, 0.25) is 0 Å². The molecule has 4 N–H and O–H groups in total. The number of amides is 2. The first-order valence-electron chi connectivity index (χ1n) is 13.6. The number of rotatable bonds is 12. The van der Waals surface area contributed by atoms with Gasteiger partial charge >= 0.3 is 5.97 Å². The molecule has 4 aromatic rings. The lowest BCUT2D eigenvalue weighted by Crippen LogP contribution is -2.69. The number of carboxylic acid groups (broad SMARTS) is 1. The standard InChI is InChI=1S/C33H28F2N2O6S/c34-24-12-6-20(7-13-24)27(38)19-44-30-31(40)37-33(30,22-8-14-25(35)15-9-22)23-10-16-26(17-11-23)43-18-28(39)36-29(32(41)42)21-4-2-1-3-5-21/h1-17,27,29-30,38H,18-19H2,(H,36,39)(H,37,40)(H,41,42)/t27?,29-,30+,33+/m1/s1. The zero-order valence-electron chi connectivity index (χ0n) is 23.2. The lowest BCUT2D eigenvalue weighted by molar-refractivity contribution is -0.142. The first kappa shape index (κ1) is 30.7. The van der Waals surface area contributed by atoms with Crippen LogP contribution in [-0.4, -0.2) is 45.6 Å². The highest BCUT2D eigenvalue weighted by Crippen LogP contribution is 2.46. The molecule has 0 radical (unpaired) electrons. The molecule has 5 rings (SSSR count). The van der Waals surface area contributed by atoms with Gasteiger partial charge in [0.25, 0.3) is 5.91 Å². The number of carboxylic acids is 1. The minimum absolute atomic E-state index is 0.142. The number of benzene rings is 4. The maximum atomic E-state index is 13.8. The molecule has 44 heavy (non-hydrogen) atoms. The molecule has 1 saturated heterocycles. The third-order valence-electron chi connectivity index (χ3n) is 7.29. The SMILES string of the molecule is O=C(COc1ccc([C@]2(c3ccc(F)cc3)NC(=O)[C@@H]2SCC(O)c2ccc(F)cc2)cc1)N[C@@H](C(=O)O)c1ccccc1. The third-order valence-corrected chi connectivity index (χ3v) is 8.70. The summed E-state index contributed by atoms with van der Waals surface area (Å²) >= 11 is 1.22. The number of thioether (sulfide) groups is 1. The van der Waals surface area contributed by atoms with Gasteiger partial charge in [-0.05, 0) is 58.7 Å². The van der Waals surface area contributed by atoms with Gasteiger partial charge in [-0.3, -0.25) is 9.59 Å². The van der Waals surface area contributed by atoms with Gasteiger partial charge in [-0.2, -0.15) is 0 Å². The van der Waals surface area contributed by atoms with E-state index in [2.05, 4.69) is 10.6 Å². The zero-order valence-corrected chi connectivity index (χ0v) is 24.0. The molecule has 226 valence electrons. The molecule has 1 heterocycles. The van der Waals surface area contributed by atoms with E-state index in [1.54, 1.807) is 66.7 Å². The molecule has 4 aromatic carbocycles. The van der Waals surface area contributed by atoms with E-state index in [9.17, 15) is 33.4 Å². The van der Waals surface area contributed by atoms with Crippen LogP contribution in [0.25, 0.3) is 0 Å². The molecule has 1 fully saturated rings. The number of carbonyl (C=O) groups excluding carboxylic acids is 2. The van der Waals surface area contributed by atoms with E-state index < -0.39 is 53.1 Å². The van der Waals surface area contributed by atoms with E-state index in [1.165, 1.54) is 48.2 Å². The molecule has 8 nitrogen and oxygen atoms in total. The molecule has 0 bridgehead atoms. The van der Waals surface area contributed by atoms with Crippen LogP contribution in [0.1, 0.15) is 34.4 Å². The summed E-state index contributed by atoms with van der Waals surface area (Å²) in [6, 6.07) is 24.9. The lowest BCUT2D eigenvalue weighted by Gasteiger charge is -2.50. The van der Waals surface area contributed by atoms with Crippen LogP contribution in [-0.2, 0) is 19.9 Å². The Kier molecular flexibility index (Phi) is 9.26. The molecular weight excluding hydrogens is 590 g/mol. The second-order valence-electron chi connectivity index (χ2n) is 10.1. The number of aliphatic hydroxyl groups is 1. The van der Waals surface area contributed by atoms with Crippen molar-refractivity contribution in [1.29, 1.82) is 0 Å². The van der Waals surface area contributed by atoms with Gasteiger partial charge < -0.3 is 25.6 Å². The van der Waals surface area contributed by atoms with Crippen LogP contribution in [0.4, 0.5) is 8.78 Å². The molecule has 0 aromatic heterocycles. The summed E-state index contributed by atoms with van der Waals surface area (Å²) < 4.78 is 32.8. The van der Waals surface area contributed by atoms with Crippen molar-refractivity contribution in [3.8, 4) is 5.75 Å². The van der Waals surface area contributed by atoms with Crippen molar-refractivity contribution < 1.29 is 38.1 Å². The monoisotopic (exact) mass is 618 g/mol. The van der Waals surface area contributed by atoms with E-state index in [-0.39, 0.29) is 11.7 Å². The highest BCUT2D eigenvalue weighted by molar-refractivity contribution is 8.00. The summed E-state index contributed by atoms with van der Waals surface area (Å²) in [6.07, 6.45) is -0.954. The third kappa shape index (κ3) is 6.58. The Bertz CT molecular complexity index is 1620. The Morgan fingerprint density at radius 3 is 2.00 bits per heavy atom. The summed E-state index contributed by atoms with van der Waals surface area (Å²) in [5.74, 6) is -2.50. The van der Waals surface area contributed by atoms with Crippen LogP contribution >= 0.6 is 11.8 Å². The minimum Gasteiger partial charge on any atom is -0.484 e. The fraction of sp³-hybridized carbons (Fsp3) is 0.182. The van der Waals surface area contributed by atoms with Crippen molar-refractivity contribution in [2.45, 2.75) is 22.9 Å². The summed E-state index contributed by atoms with van der Waals surface area (Å²) in [5, 5.41) is 25.0. The first-order chi connectivity index (χ1) is 21.2. The van der Waals surface area contributed by atoms with Crippen LogP contribution in [0.3, 0.4) is 0 Å². The van der Waals surface area contributed by atoms with Crippen molar-refractivity contribution in [2.75, 3.05) is 12.4 Å². The van der Waals surface area contributed by atoms with Crippen molar-refractivity contribution >= 4 is 29.5 Å². The summed E-state index contributed by atoms with van der Waals surface area (Å²) in [5.41, 5.74) is 1.15. The maximum Gasteiger partial charge on any atom is 0.330 e. The number of ether oxygens (including phenoxy) is 1. The summed E-state index contributed by atoms with van der Waals surface area (Å²) in [7, 11) is 0. The molecule has 0 aliphatic carbocycles. The molecule has 4 atom stereocenters. The Morgan fingerprint density at radius 1 is 0.864 bits per heavy atom. The highest BCUT2D eigenvalue weighted by Gasteiger charge is 2.56. The number of β-lactam (4-membered cyclic amide) rings is 1. The quantitative estimate of drug-likeness (QED) is 0.173. The fourth-order valence-electron chi connectivity index (χ4n) is 5.04. The largest absolute Gasteiger partial charge is 0.484 e. The molecular formula is C33H28F2N2O6S. The molecule has 1 aliphatic heterocycles. The smallest absolute Gasteiger partial charge is 0.330 e. The normalized spacial score (nSPS) is 18.8. The number of halogens is 2. The zero-order chi connectivity index (χ0) is 31.3. The molecule has 1 aliphatic rings. The van der Waals surface area contributed by atoms with Gasteiger partial charge in [0.05, 0.1) is 6.10 Å². The van der Waals surface area contributed by atoms with Gasteiger partial charge in [-0.15, -0.1) is 11.8 Å². The predicted octanol–water partition coefficient (Wildman–Crippen LogP) is 4.49. The molecule has 2 amide bonds. The van der Waals surface area contributed by atoms with Gasteiger partial charge in [0, 0.05) is 5.75 Å². The molecule has 0 saturated carbocycles. The van der Waals surface area contributed by atoms with E-state index >= 15 is 0 Å². The van der Waals surface area contributed by atoms with Gasteiger partial charge in [0.15, 0.2) is 12.6 Å². The number of aliphatic hydroxyl groups excluding tert-OH is 1. The maximum absolute atomic E-state index is 13.8. The lowest BCUT2D eigenvalue weighted by atomic mass is 9.74. The van der Waals surface area contributed by atoms with Gasteiger partial charge in [-0.1, -0.05) is 66.7 Å². The minimum atomic E-state index is -1.23. The highest BCUT2D eigenvalue weighted by atomic mass is 32.2. The van der Waals surface area contributed by atoms with E-state index in [0.29, 0.717) is 28.0 Å². The molecule has 11 heteroatoms. The van der Waals surface area contributed by atoms with Crippen molar-refractivity contribution in [3.05, 3.63) is 137 Å². The summed E-state index contributed by atoms with van der Waals surface area (Å²) in [6.45, 7) is -0.435. The van der Waals surface area contributed by atoms with E-state index in [0.717, 1.165) is 0 Å². The number of nitrogens with one attached hydrogen (secondary N) is 2. The Balaban J connectivity index is 1.31. The van der Waals surface area contributed by atoms with Crippen molar-refractivity contribution in [2.24, 2.45) is 0 Å². The fourth-order valence-corrected chi connectivity index (χ4v) is 6.40.